The number of aromatic nitrogens is 3. The van der Waals surface area contributed by atoms with Crippen LogP contribution in [0.1, 0.15) is 50.6 Å². The smallest absolute Gasteiger partial charge is 0.241 e. The van der Waals surface area contributed by atoms with Crippen LogP contribution in [-0.2, 0) is 23.3 Å². The van der Waals surface area contributed by atoms with Crippen molar-refractivity contribution in [3.8, 4) is 11.4 Å². The van der Waals surface area contributed by atoms with E-state index in [4.69, 9.17) is 4.52 Å². The molecule has 7 nitrogen and oxygen atoms in total. The van der Waals surface area contributed by atoms with Gasteiger partial charge in [0.1, 0.15) is 0 Å². The van der Waals surface area contributed by atoms with E-state index in [2.05, 4.69) is 58.2 Å². The monoisotopic (exact) mass is 433 g/mol. The molecular weight excluding hydrogens is 402 g/mol. The second-order valence-electron chi connectivity index (χ2n) is 9.46. The van der Waals surface area contributed by atoms with Crippen molar-refractivity contribution in [2.45, 2.75) is 52.1 Å². The van der Waals surface area contributed by atoms with E-state index in [1.807, 2.05) is 24.3 Å². The molecule has 0 saturated carbocycles. The van der Waals surface area contributed by atoms with Crippen molar-refractivity contribution in [3.63, 3.8) is 0 Å². The molecule has 4 rings (SSSR count). The lowest BCUT2D eigenvalue weighted by Crippen LogP contribution is -2.40. The zero-order chi connectivity index (χ0) is 22.6. The second kappa shape index (κ2) is 9.61. The maximum atomic E-state index is 12.5. The van der Waals surface area contributed by atoms with E-state index in [-0.39, 0.29) is 17.2 Å². The minimum absolute atomic E-state index is 0.0488. The van der Waals surface area contributed by atoms with Crippen LogP contribution in [0.4, 0.5) is 0 Å². The zero-order valence-electron chi connectivity index (χ0n) is 19.0. The minimum Gasteiger partial charge on any atom is -0.352 e. The van der Waals surface area contributed by atoms with E-state index < -0.39 is 0 Å². The Labute approximate surface area is 189 Å². The number of nitrogens with zero attached hydrogens (tertiary/aromatic N) is 4. The largest absolute Gasteiger partial charge is 0.352 e. The van der Waals surface area contributed by atoms with Crippen LogP contribution in [-0.4, -0.2) is 39.0 Å². The lowest BCUT2D eigenvalue weighted by atomic mass is 9.87. The Kier molecular flexibility index (Phi) is 6.65. The highest BCUT2D eigenvalue weighted by molar-refractivity contribution is 5.78. The van der Waals surface area contributed by atoms with Crippen molar-refractivity contribution in [3.05, 3.63) is 65.8 Å². The van der Waals surface area contributed by atoms with Gasteiger partial charge in [-0.1, -0.05) is 50.2 Å². The number of hydrogen-bond donors (Lipinski definition) is 1. The third-order valence-corrected chi connectivity index (χ3v) is 6.01. The molecule has 1 saturated heterocycles. The fraction of sp³-hybridized carbons (Fsp3) is 0.440. The van der Waals surface area contributed by atoms with Crippen LogP contribution in [0.15, 0.2) is 53.3 Å². The number of likely N-dealkylation sites (tertiary alicyclic amines) is 1. The Hall–Kier alpha value is -3.06. The standard InChI is InChI=1S/C25H31N5O2/c1-25(2,3)21-6-4-19(5-7-21)23-28-22(32-29-23)17-30-14-10-20(11-15-30)24(31)27-16-18-8-12-26-13-9-18/h4-9,12-13,20H,10-11,14-17H2,1-3H3,(H,27,31). The van der Waals surface area contributed by atoms with E-state index in [1.54, 1.807) is 12.4 Å². The molecule has 0 bridgehead atoms. The summed E-state index contributed by atoms with van der Waals surface area (Å²) in [6, 6.07) is 12.2. The molecular formula is C25H31N5O2. The maximum absolute atomic E-state index is 12.5. The summed E-state index contributed by atoms with van der Waals surface area (Å²) in [7, 11) is 0. The van der Waals surface area contributed by atoms with Gasteiger partial charge < -0.3 is 9.84 Å². The molecule has 0 aliphatic carbocycles. The van der Waals surface area contributed by atoms with E-state index >= 15 is 0 Å². The molecule has 1 N–H and O–H groups in total. The maximum Gasteiger partial charge on any atom is 0.241 e. The lowest BCUT2D eigenvalue weighted by molar-refractivity contribution is -0.126. The van der Waals surface area contributed by atoms with Gasteiger partial charge in [0.25, 0.3) is 0 Å². The van der Waals surface area contributed by atoms with Crippen LogP contribution in [0.3, 0.4) is 0 Å². The minimum atomic E-state index is 0.0488. The summed E-state index contributed by atoms with van der Waals surface area (Å²) < 4.78 is 5.49. The third-order valence-electron chi connectivity index (χ3n) is 6.01. The molecule has 168 valence electrons. The van der Waals surface area contributed by atoms with Crippen molar-refractivity contribution >= 4 is 5.91 Å². The van der Waals surface area contributed by atoms with Gasteiger partial charge in [0.15, 0.2) is 0 Å². The van der Waals surface area contributed by atoms with Crippen molar-refractivity contribution in [2.75, 3.05) is 13.1 Å². The molecule has 2 aromatic heterocycles. The van der Waals surface area contributed by atoms with E-state index in [0.717, 1.165) is 37.1 Å². The van der Waals surface area contributed by atoms with Gasteiger partial charge in [-0.15, -0.1) is 0 Å². The van der Waals surface area contributed by atoms with Gasteiger partial charge in [-0.05, 0) is 54.6 Å². The summed E-state index contributed by atoms with van der Waals surface area (Å²) in [5, 5.41) is 7.20. The molecule has 0 spiro atoms. The first kappa shape index (κ1) is 22.1. The van der Waals surface area contributed by atoms with Crippen LogP contribution in [0, 0.1) is 5.92 Å². The molecule has 1 fully saturated rings. The molecule has 0 atom stereocenters. The highest BCUT2D eigenvalue weighted by Gasteiger charge is 2.26. The van der Waals surface area contributed by atoms with Crippen molar-refractivity contribution < 1.29 is 9.32 Å². The molecule has 0 unspecified atom stereocenters. The summed E-state index contributed by atoms with van der Waals surface area (Å²) in [4.78, 5) is 23.3. The molecule has 1 aliphatic rings. The molecule has 7 heteroatoms. The van der Waals surface area contributed by atoms with Gasteiger partial charge in [-0.2, -0.15) is 4.98 Å². The number of pyridine rings is 1. The normalized spacial score (nSPS) is 15.6. The van der Waals surface area contributed by atoms with Gasteiger partial charge in [0.05, 0.1) is 6.54 Å². The van der Waals surface area contributed by atoms with Gasteiger partial charge in [-0.25, -0.2) is 0 Å². The Morgan fingerprint density at radius 3 is 2.44 bits per heavy atom. The summed E-state index contributed by atoms with van der Waals surface area (Å²) in [6.45, 7) is 9.42. The summed E-state index contributed by atoms with van der Waals surface area (Å²) >= 11 is 0. The van der Waals surface area contributed by atoms with Crippen LogP contribution in [0.25, 0.3) is 11.4 Å². The summed E-state index contributed by atoms with van der Waals surface area (Å²) in [6.07, 6.45) is 5.14. The number of piperidine rings is 1. The first-order valence-electron chi connectivity index (χ1n) is 11.2. The van der Waals surface area contributed by atoms with Gasteiger partial charge in [-0.3, -0.25) is 14.7 Å². The zero-order valence-corrected chi connectivity index (χ0v) is 19.0. The van der Waals surface area contributed by atoms with E-state index in [1.165, 1.54) is 5.56 Å². The molecule has 32 heavy (non-hydrogen) atoms. The number of carbonyl (C=O) groups excluding carboxylic acids is 1. The van der Waals surface area contributed by atoms with Crippen LogP contribution >= 0.6 is 0 Å². The quantitative estimate of drug-likeness (QED) is 0.634. The number of amides is 1. The lowest BCUT2D eigenvalue weighted by Gasteiger charge is -2.30. The SMILES string of the molecule is CC(C)(C)c1ccc(-c2noc(CN3CCC(C(=O)NCc4ccncc4)CC3)n2)cc1. The van der Waals surface area contributed by atoms with Crippen LogP contribution in [0.5, 0.6) is 0 Å². The Balaban J connectivity index is 1.26. The molecule has 0 radical (unpaired) electrons. The highest BCUT2D eigenvalue weighted by atomic mass is 16.5. The van der Waals surface area contributed by atoms with Gasteiger partial charge in [0, 0.05) is 30.4 Å². The Morgan fingerprint density at radius 1 is 1.09 bits per heavy atom. The third kappa shape index (κ3) is 5.59. The van der Waals surface area contributed by atoms with Gasteiger partial charge >= 0.3 is 0 Å². The van der Waals surface area contributed by atoms with Crippen molar-refractivity contribution in [1.29, 1.82) is 0 Å². The molecule has 3 heterocycles. The van der Waals surface area contributed by atoms with E-state index in [9.17, 15) is 4.79 Å². The second-order valence-corrected chi connectivity index (χ2v) is 9.46. The number of rotatable bonds is 6. The summed E-state index contributed by atoms with van der Waals surface area (Å²) in [5.74, 6) is 1.40. The average molecular weight is 434 g/mol. The molecule has 1 aliphatic heterocycles. The van der Waals surface area contributed by atoms with Gasteiger partial charge in [0.2, 0.25) is 17.6 Å². The number of benzene rings is 1. The first-order chi connectivity index (χ1) is 15.4. The molecule has 1 amide bonds. The van der Waals surface area contributed by atoms with E-state index in [0.29, 0.717) is 24.8 Å². The van der Waals surface area contributed by atoms with Crippen LogP contribution in [0.2, 0.25) is 0 Å². The summed E-state index contributed by atoms with van der Waals surface area (Å²) in [5.41, 5.74) is 3.41. The van der Waals surface area contributed by atoms with Crippen molar-refractivity contribution in [2.24, 2.45) is 5.92 Å². The number of hydrogen-bond acceptors (Lipinski definition) is 6. The first-order valence-corrected chi connectivity index (χ1v) is 11.2. The Morgan fingerprint density at radius 2 is 1.78 bits per heavy atom. The predicted molar refractivity (Wildman–Crippen MR) is 123 cm³/mol. The number of carbonyl (C=O) groups is 1. The fourth-order valence-corrected chi connectivity index (χ4v) is 3.93. The predicted octanol–water partition coefficient (Wildman–Crippen LogP) is 3.96. The Bertz CT molecular complexity index is 1020. The average Bonchev–Trinajstić information content (AvgIpc) is 3.27. The fourth-order valence-electron chi connectivity index (χ4n) is 3.93. The number of nitrogens with one attached hydrogen (secondary N) is 1. The highest BCUT2D eigenvalue weighted by Crippen LogP contribution is 2.25. The molecule has 1 aromatic carbocycles. The topological polar surface area (TPSA) is 84.2 Å². The molecule has 3 aromatic rings. The van der Waals surface area contributed by atoms with Crippen molar-refractivity contribution in [1.82, 2.24) is 25.3 Å². The van der Waals surface area contributed by atoms with Crippen LogP contribution < -0.4 is 5.32 Å².